The molecule has 5 heterocycles. The summed E-state index contributed by atoms with van der Waals surface area (Å²) in [4.78, 5) is 13.4. The number of hydrogen-bond acceptors (Lipinski definition) is 4. The van der Waals surface area contributed by atoms with E-state index >= 15 is 0 Å². The van der Waals surface area contributed by atoms with E-state index in [1.54, 1.807) is 0 Å². The number of anilines is 2. The van der Waals surface area contributed by atoms with Crippen molar-refractivity contribution in [3.05, 3.63) is 252 Å². The summed E-state index contributed by atoms with van der Waals surface area (Å²) in [6.45, 7) is 2.20. The molecule has 12 rings (SSSR count). The summed E-state index contributed by atoms with van der Waals surface area (Å²) in [5, 5.41) is 8.47. The third-order valence-corrected chi connectivity index (χ3v) is 13.5. The highest BCUT2D eigenvalue weighted by Gasteiger charge is 2.16. The zero-order chi connectivity index (χ0) is 44.7. The van der Waals surface area contributed by atoms with Crippen LogP contribution in [0.1, 0.15) is 58.7 Å². The van der Waals surface area contributed by atoms with Crippen LogP contribution in [0.15, 0.2) is 213 Å². The molecule has 6 heteroatoms. The minimum Gasteiger partial charge on any atom is -0.355 e. The molecular formula is C61H48N6. The van der Waals surface area contributed by atoms with Gasteiger partial charge in [-0.2, -0.15) is 0 Å². The van der Waals surface area contributed by atoms with Gasteiger partial charge in [-0.05, 0) is 150 Å². The van der Waals surface area contributed by atoms with Gasteiger partial charge in [0, 0.05) is 87.0 Å². The van der Waals surface area contributed by atoms with Crippen molar-refractivity contribution in [1.82, 2.24) is 24.1 Å². The molecule has 0 spiro atoms. The number of aromatic nitrogens is 5. The van der Waals surface area contributed by atoms with E-state index in [0.29, 0.717) is 0 Å². The minimum absolute atomic E-state index is 0.836. The molecule has 67 heavy (non-hydrogen) atoms. The molecule has 5 aromatic heterocycles. The standard InChI is InChI=1S/C61H48N6/c1-41-8-2-3-9-51(41)54-38-62-29-26-57(54)65-48-20-14-42(15-21-48)32-45-35-46(33-43-16-22-49(23-17-43)66-58-12-6-4-10-52(58)55-39-63-30-27-60(55)66)37-47(36-45)34-44-18-24-50(25-19-44)67-59-13-7-5-11-53(59)56-40-64-31-28-61(56)67/h2,4-8,10-31,35-40H,3,9,32-34H2,1H3,(H,62,65). The Bertz CT molecular complexity index is 3400. The average molecular weight is 865 g/mol. The predicted molar refractivity (Wildman–Crippen MR) is 277 cm³/mol. The minimum atomic E-state index is 0.836. The smallest absolute Gasteiger partial charge is 0.0571 e. The summed E-state index contributed by atoms with van der Waals surface area (Å²) >= 11 is 0. The number of benzene rings is 6. The first-order valence-corrected chi connectivity index (χ1v) is 23.2. The molecule has 0 bridgehead atoms. The lowest BCUT2D eigenvalue weighted by Crippen LogP contribution is -2.00. The van der Waals surface area contributed by atoms with Crippen molar-refractivity contribution in [1.29, 1.82) is 0 Å². The molecule has 1 aliphatic carbocycles. The van der Waals surface area contributed by atoms with E-state index in [9.17, 15) is 0 Å². The number of nitrogens with zero attached hydrogens (tertiary/aromatic N) is 5. The maximum absolute atomic E-state index is 4.49. The third-order valence-electron chi connectivity index (χ3n) is 13.5. The maximum atomic E-state index is 4.49. The normalized spacial score (nSPS) is 12.8. The Labute approximate surface area is 390 Å². The number of fused-ring (bicyclic) bond motifs is 6. The molecule has 0 radical (unpaired) electrons. The highest BCUT2D eigenvalue weighted by molar-refractivity contribution is 6.09. The van der Waals surface area contributed by atoms with Crippen molar-refractivity contribution in [3.63, 3.8) is 0 Å². The molecule has 0 aliphatic heterocycles. The molecule has 6 aromatic carbocycles. The van der Waals surface area contributed by atoms with Crippen molar-refractivity contribution in [2.24, 2.45) is 0 Å². The fourth-order valence-corrected chi connectivity index (χ4v) is 10.3. The van der Waals surface area contributed by atoms with E-state index in [1.165, 1.54) is 82.7 Å². The number of hydrogen-bond donors (Lipinski definition) is 1. The van der Waals surface area contributed by atoms with Gasteiger partial charge in [-0.15, -0.1) is 0 Å². The van der Waals surface area contributed by atoms with Crippen LogP contribution in [0.4, 0.5) is 11.4 Å². The van der Waals surface area contributed by atoms with Crippen LogP contribution in [0.2, 0.25) is 0 Å². The highest BCUT2D eigenvalue weighted by Crippen LogP contribution is 2.36. The van der Waals surface area contributed by atoms with Gasteiger partial charge >= 0.3 is 0 Å². The van der Waals surface area contributed by atoms with Crippen LogP contribution >= 0.6 is 0 Å². The SMILES string of the molecule is CC1=C(c2cnccc2Nc2ccc(Cc3cc(Cc4ccc(-n5c6ccccc6c6cnccc65)cc4)cc(Cc4ccc(-n5c6ccccc6c6cnccc65)cc4)c3)cc2)CCC=C1. The number of nitrogens with one attached hydrogen (secondary N) is 1. The van der Waals surface area contributed by atoms with Crippen LogP contribution in [-0.2, 0) is 19.3 Å². The zero-order valence-corrected chi connectivity index (χ0v) is 37.4. The Kier molecular flexibility index (Phi) is 10.3. The van der Waals surface area contributed by atoms with Crippen LogP contribution in [0.5, 0.6) is 0 Å². The second-order valence-corrected chi connectivity index (χ2v) is 17.9. The monoisotopic (exact) mass is 864 g/mol. The predicted octanol–water partition coefficient (Wildman–Crippen LogP) is 14.7. The molecule has 1 aliphatic rings. The van der Waals surface area contributed by atoms with E-state index in [1.807, 2.05) is 37.2 Å². The lowest BCUT2D eigenvalue weighted by Gasteiger charge is -2.18. The molecule has 322 valence electrons. The first-order chi connectivity index (χ1) is 33.1. The van der Waals surface area contributed by atoms with Crippen molar-refractivity contribution >= 4 is 60.6 Å². The van der Waals surface area contributed by atoms with Gasteiger partial charge in [0.2, 0.25) is 0 Å². The lowest BCUT2D eigenvalue weighted by atomic mass is 9.92. The zero-order valence-electron chi connectivity index (χ0n) is 37.4. The summed E-state index contributed by atoms with van der Waals surface area (Å²) in [5.74, 6) is 0. The fourth-order valence-electron chi connectivity index (χ4n) is 10.3. The molecule has 0 unspecified atom stereocenters. The molecule has 0 fully saturated rings. The molecule has 0 amide bonds. The fraction of sp³-hybridized carbons (Fsp3) is 0.0984. The quantitative estimate of drug-likeness (QED) is 0.141. The summed E-state index contributed by atoms with van der Waals surface area (Å²) in [7, 11) is 0. The van der Waals surface area contributed by atoms with Crippen LogP contribution in [0.3, 0.4) is 0 Å². The van der Waals surface area contributed by atoms with Gasteiger partial charge < -0.3 is 14.5 Å². The van der Waals surface area contributed by atoms with Crippen LogP contribution in [-0.4, -0.2) is 24.1 Å². The first-order valence-electron chi connectivity index (χ1n) is 23.2. The number of pyridine rings is 3. The van der Waals surface area contributed by atoms with Crippen molar-refractivity contribution < 1.29 is 0 Å². The Hall–Kier alpha value is -8.35. The van der Waals surface area contributed by atoms with Gasteiger partial charge in [-0.1, -0.05) is 103 Å². The van der Waals surface area contributed by atoms with Gasteiger partial charge in [0.1, 0.15) is 0 Å². The van der Waals surface area contributed by atoms with Gasteiger partial charge in [0.25, 0.3) is 0 Å². The Morgan fingerprint density at radius 2 is 0.925 bits per heavy atom. The summed E-state index contributed by atoms with van der Waals surface area (Å²) in [6, 6.07) is 57.8. The van der Waals surface area contributed by atoms with Crippen molar-refractivity contribution in [3.8, 4) is 11.4 Å². The highest BCUT2D eigenvalue weighted by atomic mass is 15.0. The van der Waals surface area contributed by atoms with Crippen molar-refractivity contribution in [2.75, 3.05) is 5.32 Å². The Balaban J connectivity index is 0.843. The van der Waals surface area contributed by atoms with Gasteiger partial charge in [0.15, 0.2) is 0 Å². The maximum Gasteiger partial charge on any atom is 0.0571 e. The molecule has 11 aromatic rings. The second-order valence-electron chi connectivity index (χ2n) is 17.9. The third kappa shape index (κ3) is 7.76. The first kappa shape index (κ1) is 40.2. The molecule has 0 saturated carbocycles. The summed E-state index contributed by atoms with van der Waals surface area (Å²) in [5.41, 5.74) is 20.8. The second kappa shape index (κ2) is 17.2. The number of allylic oxidation sites excluding steroid dienone is 4. The summed E-state index contributed by atoms with van der Waals surface area (Å²) < 4.78 is 4.70. The largest absolute Gasteiger partial charge is 0.355 e. The van der Waals surface area contributed by atoms with Gasteiger partial charge in [-0.25, -0.2) is 0 Å². The topological polar surface area (TPSA) is 60.6 Å². The van der Waals surface area contributed by atoms with E-state index in [-0.39, 0.29) is 0 Å². The van der Waals surface area contributed by atoms with Gasteiger partial charge in [0.05, 0.1) is 22.1 Å². The van der Waals surface area contributed by atoms with E-state index < -0.39 is 0 Å². The van der Waals surface area contributed by atoms with Crippen molar-refractivity contribution in [2.45, 2.75) is 39.0 Å². The van der Waals surface area contributed by atoms with E-state index in [2.05, 4.69) is 206 Å². The molecule has 0 saturated heterocycles. The number of rotatable bonds is 11. The van der Waals surface area contributed by atoms with E-state index in [0.717, 1.165) is 65.9 Å². The lowest BCUT2D eigenvalue weighted by molar-refractivity contribution is 1.03. The summed E-state index contributed by atoms with van der Waals surface area (Å²) in [6.07, 6.45) is 20.7. The Morgan fingerprint density at radius 3 is 1.45 bits per heavy atom. The molecule has 0 atom stereocenters. The van der Waals surface area contributed by atoms with Crippen LogP contribution in [0, 0.1) is 0 Å². The average Bonchev–Trinajstić information content (AvgIpc) is 3.89. The molecule has 6 nitrogen and oxygen atoms in total. The van der Waals surface area contributed by atoms with Crippen LogP contribution in [0.25, 0.3) is 60.6 Å². The van der Waals surface area contributed by atoms with Gasteiger partial charge in [-0.3, -0.25) is 15.0 Å². The molecule has 1 N–H and O–H groups in total. The number of para-hydroxylation sites is 2. The molecular weight excluding hydrogens is 817 g/mol. The Morgan fingerprint density at radius 1 is 0.463 bits per heavy atom. The van der Waals surface area contributed by atoms with E-state index in [4.69, 9.17) is 0 Å². The van der Waals surface area contributed by atoms with Crippen LogP contribution < -0.4 is 5.32 Å².